The van der Waals surface area contributed by atoms with E-state index >= 15 is 0 Å². The van der Waals surface area contributed by atoms with Crippen LogP contribution in [0.25, 0.3) is 11.1 Å². The maximum absolute atomic E-state index is 12.0. The minimum atomic E-state index is -0.664. The molecule has 0 heterocycles. The zero-order valence-corrected chi connectivity index (χ0v) is 15.4. The second kappa shape index (κ2) is 8.17. The molecule has 0 radical (unpaired) electrons. The average Bonchev–Trinajstić information content (AvgIpc) is 2.54. The van der Waals surface area contributed by atoms with Gasteiger partial charge >= 0.3 is 6.09 Å². The van der Waals surface area contributed by atoms with Crippen molar-refractivity contribution in [2.45, 2.75) is 38.9 Å². The summed E-state index contributed by atoms with van der Waals surface area (Å²) in [5.74, 6) is 0. The van der Waals surface area contributed by atoms with Crippen LogP contribution in [0.4, 0.5) is 4.79 Å². The fourth-order valence-corrected chi connectivity index (χ4v) is 2.65. The Hall–Kier alpha value is -2.33. The number of aliphatic hydroxyl groups excluding tert-OH is 1. The Balaban J connectivity index is 2.04. The third-order valence-electron chi connectivity index (χ3n) is 3.75. The highest BCUT2D eigenvalue weighted by atomic mass is 16.6. The molecule has 4 heteroatoms. The largest absolute Gasteiger partial charge is 0.444 e. The van der Waals surface area contributed by atoms with Gasteiger partial charge in [-0.25, -0.2) is 4.79 Å². The molecule has 0 saturated carbocycles. The number of rotatable bonds is 5. The number of likely N-dealkylation sites (N-methyl/N-ethyl adjacent to an activating group) is 1. The summed E-state index contributed by atoms with van der Waals surface area (Å²) >= 11 is 0. The van der Waals surface area contributed by atoms with E-state index in [0.29, 0.717) is 6.42 Å². The topological polar surface area (TPSA) is 49.8 Å². The molecule has 1 amide bonds. The summed E-state index contributed by atoms with van der Waals surface area (Å²) in [6, 6.07) is 18.1. The molecule has 0 saturated heterocycles. The van der Waals surface area contributed by atoms with Crippen LogP contribution in [0.5, 0.6) is 0 Å². The second-order valence-corrected chi connectivity index (χ2v) is 7.24. The number of hydrogen-bond acceptors (Lipinski definition) is 3. The third-order valence-corrected chi connectivity index (χ3v) is 3.75. The number of amides is 1. The Morgan fingerprint density at radius 3 is 2.32 bits per heavy atom. The summed E-state index contributed by atoms with van der Waals surface area (Å²) in [7, 11) is 1.64. The molecule has 1 N–H and O–H groups in total. The number of hydrogen-bond donors (Lipinski definition) is 1. The van der Waals surface area contributed by atoms with Crippen molar-refractivity contribution in [2.75, 3.05) is 13.6 Å². The highest BCUT2D eigenvalue weighted by Crippen LogP contribution is 2.24. The lowest BCUT2D eigenvalue weighted by Crippen LogP contribution is -2.39. The number of ether oxygens (including phenoxy) is 1. The molecule has 0 spiro atoms. The van der Waals surface area contributed by atoms with Gasteiger partial charge in [0.2, 0.25) is 0 Å². The Morgan fingerprint density at radius 2 is 1.68 bits per heavy atom. The van der Waals surface area contributed by atoms with E-state index in [1.54, 1.807) is 7.05 Å². The molecule has 1 atom stereocenters. The van der Waals surface area contributed by atoms with Crippen LogP contribution in [-0.2, 0) is 11.2 Å². The normalized spacial score (nSPS) is 12.5. The van der Waals surface area contributed by atoms with Crippen molar-refractivity contribution < 1.29 is 14.6 Å². The first kappa shape index (κ1) is 19.0. The Kier molecular flexibility index (Phi) is 6.21. The first-order valence-electron chi connectivity index (χ1n) is 8.52. The maximum Gasteiger partial charge on any atom is 0.410 e. The summed E-state index contributed by atoms with van der Waals surface area (Å²) in [4.78, 5) is 13.4. The van der Waals surface area contributed by atoms with Gasteiger partial charge in [0.1, 0.15) is 5.60 Å². The zero-order valence-electron chi connectivity index (χ0n) is 15.4. The summed E-state index contributed by atoms with van der Waals surface area (Å²) in [5, 5.41) is 10.4. The first-order valence-corrected chi connectivity index (χ1v) is 8.52. The summed E-state index contributed by atoms with van der Waals surface area (Å²) < 4.78 is 5.32. The molecule has 1 unspecified atom stereocenters. The Morgan fingerprint density at radius 1 is 1.08 bits per heavy atom. The van der Waals surface area contributed by atoms with Crippen LogP contribution in [0, 0.1) is 0 Å². The van der Waals surface area contributed by atoms with E-state index in [1.807, 2.05) is 57.2 Å². The minimum Gasteiger partial charge on any atom is -0.444 e. The molecule has 0 bridgehead atoms. The van der Waals surface area contributed by atoms with Crippen molar-refractivity contribution >= 4 is 6.09 Å². The lowest BCUT2D eigenvalue weighted by Gasteiger charge is -2.26. The number of carbonyl (C=O) groups is 1. The molecule has 25 heavy (non-hydrogen) atoms. The number of nitrogens with zero attached hydrogens (tertiary/aromatic N) is 1. The quantitative estimate of drug-likeness (QED) is 0.890. The smallest absolute Gasteiger partial charge is 0.410 e. The molecule has 2 rings (SSSR count). The van der Waals surface area contributed by atoms with Gasteiger partial charge in [0.15, 0.2) is 0 Å². The van der Waals surface area contributed by atoms with E-state index in [-0.39, 0.29) is 6.54 Å². The SMILES string of the molecule is CN(CC(O)Cc1ccccc1-c1ccccc1)C(=O)OC(C)(C)C. The Labute approximate surface area is 150 Å². The summed E-state index contributed by atoms with van der Waals surface area (Å²) in [6.45, 7) is 5.69. The fraction of sp³-hybridized carbons (Fsp3) is 0.381. The molecule has 0 aliphatic carbocycles. The van der Waals surface area contributed by atoms with Crippen LogP contribution in [-0.4, -0.2) is 41.4 Å². The van der Waals surface area contributed by atoms with Gasteiger partial charge < -0.3 is 14.7 Å². The molecule has 0 aromatic heterocycles. The van der Waals surface area contributed by atoms with Crippen molar-refractivity contribution in [1.82, 2.24) is 4.90 Å². The van der Waals surface area contributed by atoms with Gasteiger partial charge in [-0.2, -0.15) is 0 Å². The van der Waals surface area contributed by atoms with E-state index in [4.69, 9.17) is 4.74 Å². The van der Waals surface area contributed by atoms with Crippen molar-refractivity contribution in [3.05, 3.63) is 60.2 Å². The van der Waals surface area contributed by atoms with Crippen molar-refractivity contribution in [1.29, 1.82) is 0 Å². The minimum absolute atomic E-state index is 0.220. The van der Waals surface area contributed by atoms with Crippen LogP contribution >= 0.6 is 0 Å². The Bertz CT molecular complexity index is 692. The maximum atomic E-state index is 12.0. The van der Waals surface area contributed by atoms with E-state index in [0.717, 1.165) is 16.7 Å². The number of benzene rings is 2. The molecule has 134 valence electrons. The summed E-state index contributed by atoms with van der Waals surface area (Å²) in [6.07, 6.45) is -0.622. The van der Waals surface area contributed by atoms with E-state index in [1.165, 1.54) is 4.90 Å². The van der Waals surface area contributed by atoms with Gasteiger partial charge in [0.05, 0.1) is 6.10 Å². The van der Waals surface area contributed by atoms with E-state index in [9.17, 15) is 9.90 Å². The predicted octanol–water partition coefficient (Wildman–Crippen LogP) is 4.12. The number of aliphatic hydroxyl groups is 1. The lowest BCUT2D eigenvalue weighted by molar-refractivity contribution is 0.0207. The van der Waals surface area contributed by atoms with E-state index in [2.05, 4.69) is 18.2 Å². The predicted molar refractivity (Wildman–Crippen MR) is 100 cm³/mol. The average molecular weight is 341 g/mol. The number of carbonyl (C=O) groups excluding carboxylic acids is 1. The van der Waals surface area contributed by atoms with Crippen LogP contribution in [0.3, 0.4) is 0 Å². The highest BCUT2D eigenvalue weighted by Gasteiger charge is 2.21. The molecule has 4 nitrogen and oxygen atoms in total. The zero-order chi connectivity index (χ0) is 18.4. The second-order valence-electron chi connectivity index (χ2n) is 7.24. The van der Waals surface area contributed by atoms with Crippen LogP contribution in [0.15, 0.2) is 54.6 Å². The summed E-state index contributed by atoms with van der Waals surface area (Å²) in [5.41, 5.74) is 2.72. The fourth-order valence-electron chi connectivity index (χ4n) is 2.65. The molecule has 0 aliphatic rings. The molecular weight excluding hydrogens is 314 g/mol. The molecule has 0 aliphatic heterocycles. The molecule has 0 fully saturated rings. The van der Waals surface area contributed by atoms with Crippen LogP contribution in [0.1, 0.15) is 26.3 Å². The van der Waals surface area contributed by atoms with Gasteiger partial charge in [-0.15, -0.1) is 0 Å². The van der Waals surface area contributed by atoms with Crippen molar-refractivity contribution in [3.8, 4) is 11.1 Å². The molecule has 2 aromatic carbocycles. The van der Waals surface area contributed by atoms with Crippen molar-refractivity contribution in [2.24, 2.45) is 0 Å². The monoisotopic (exact) mass is 341 g/mol. The van der Waals surface area contributed by atoms with Crippen LogP contribution < -0.4 is 0 Å². The van der Waals surface area contributed by atoms with Gasteiger partial charge in [0, 0.05) is 20.0 Å². The highest BCUT2D eigenvalue weighted by molar-refractivity contribution is 5.68. The molecular formula is C21H27NO3. The third kappa shape index (κ3) is 5.91. The van der Waals surface area contributed by atoms with Gasteiger partial charge in [-0.1, -0.05) is 54.6 Å². The van der Waals surface area contributed by atoms with Gasteiger partial charge in [0.25, 0.3) is 0 Å². The standard InChI is InChI=1S/C21H27NO3/c1-21(2,3)25-20(24)22(4)15-18(23)14-17-12-8-9-13-19(17)16-10-6-5-7-11-16/h5-13,18,23H,14-15H2,1-4H3. The van der Waals surface area contributed by atoms with E-state index < -0.39 is 17.8 Å². The van der Waals surface area contributed by atoms with Crippen LogP contribution in [0.2, 0.25) is 0 Å². The van der Waals surface area contributed by atoms with Crippen molar-refractivity contribution in [3.63, 3.8) is 0 Å². The lowest BCUT2D eigenvalue weighted by atomic mass is 9.96. The van der Waals surface area contributed by atoms with Gasteiger partial charge in [-0.05, 0) is 37.5 Å². The van der Waals surface area contributed by atoms with Gasteiger partial charge in [-0.3, -0.25) is 0 Å². The molecule has 2 aromatic rings. The first-order chi connectivity index (χ1) is 11.8.